The van der Waals surface area contributed by atoms with E-state index in [1.54, 1.807) is 0 Å². The average Bonchev–Trinajstić information content (AvgIpc) is 2.72. The molecule has 16 heavy (non-hydrogen) atoms. The first-order valence-corrected chi connectivity index (χ1v) is 4.66. The van der Waals surface area contributed by atoms with Gasteiger partial charge in [0.1, 0.15) is 0 Å². The van der Waals surface area contributed by atoms with E-state index in [1.807, 2.05) is 0 Å². The summed E-state index contributed by atoms with van der Waals surface area (Å²) in [5, 5.41) is 0. The highest BCUT2D eigenvalue weighted by Crippen LogP contribution is 2.63. The molecule has 0 bridgehead atoms. The Labute approximate surface area is 87.6 Å². The van der Waals surface area contributed by atoms with Gasteiger partial charge in [-0.2, -0.15) is 26.3 Å². The zero-order valence-corrected chi connectivity index (χ0v) is 8.15. The largest absolute Gasteiger partial charge is 0.413 e. The van der Waals surface area contributed by atoms with Gasteiger partial charge in [-0.05, 0) is 12.8 Å². The molecule has 0 nitrogen and oxygen atoms in total. The van der Waals surface area contributed by atoms with Gasteiger partial charge in [-0.1, -0.05) is 17.7 Å². The Morgan fingerprint density at radius 1 is 1.06 bits per heavy atom. The number of alkyl halides is 6. The van der Waals surface area contributed by atoms with Crippen molar-refractivity contribution in [3.05, 3.63) is 23.3 Å². The maximum atomic E-state index is 12.5. The zero-order chi connectivity index (χ0) is 12.3. The first-order valence-electron chi connectivity index (χ1n) is 4.66. The Kier molecular flexibility index (Phi) is 2.20. The predicted molar refractivity (Wildman–Crippen MR) is 44.4 cm³/mol. The van der Waals surface area contributed by atoms with E-state index in [-0.39, 0.29) is 5.57 Å². The van der Waals surface area contributed by atoms with Crippen LogP contribution in [0.5, 0.6) is 0 Å². The summed E-state index contributed by atoms with van der Waals surface area (Å²) < 4.78 is 74.7. The summed E-state index contributed by atoms with van der Waals surface area (Å²) in [5.41, 5.74) is -0.792. The van der Waals surface area contributed by atoms with Crippen molar-refractivity contribution in [3.63, 3.8) is 0 Å². The van der Waals surface area contributed by atoms with E-state index in [9.17, 15) is 26.3 Å². The lowest BCUT2D eigenvalue weighted by Crippen LogP contribution is -2.19. The first-order chi connectivity index (χ1) is 7.12. The van der Waals surface area contributed by atoms with Gasteiger partial charge in [-0.3, -0.25) is 0 Å². The molecule has 2 aliphatic carbocycles. The summed E-state index contributed by atoms with van der Waals surface area (Å²) in [6, 6.07) is 0. The lowest BCUT2D eigenvalue weighted by Gasteiger charge is -2.14. The number of rotatable bonds is 0. The maximum absolute atomic E-state index is 12.5. The molecule has 0 saturated heterocycles. The molecule has 0 heterocycles. The molecule has 0 aromatic heterocycles. The fraction of sp³-hybridized carbons (Fsp3) is 0.600. The highest BCUT2D eigenvalue weighted by molar-refractivity contribution is 5.40. The topological polar surface area (TPSA) is 0 Å². The Hall–Kier alpha value is -0.940. The van der Waals surface area contributed by atoms with Crippen molar-refractivity contribution in [2.75, 3.05) is 0 Å². The summed E-state index contributed by atoms with van der Waals surface area (Å²) in [6.07, 6.45) is -7.13. The summed E-state index contributed by atoms with van der Waals surface area (Å²) in [5.74, 6) is -4.32. The van der Waals surface area contributed by atoms with Gasteiger partial charge in [0, 0.05) is 11.5 Å². The minimum Gasteiger partial charge on any atom is -0.171 e. The minimum absolute atomic E-state index is 0.250. The third-order valence-corrected chi connectivity index (χ3v) is 2.98. The van der Waals surface area contributed by atoms with Crippen LogP contribution < -0.4 is 0 Å². The molecule has 2 unspecified atom stereocenters. The van der Waals surface area contributed by atoms with Gasteiger partial charge in [0.15, 0.2) is 0 Å². The molecule has 0 aliphatic heterocycles. The summed E-state index contributed by atoms with van der Waals surface area (Å²) in [7, 11) is 0. The van der Waals surface area contributed by atoms with E-state index in [0.717, 1.165) is 6.08 Å². The monoisotopic (exact) mass is 242 g/mol. The van der Waals surface area contributed by atoms with Crippen LogP contribution in [0.1, 0.15) is 6.92 Å². The molecule has 2 aliphatic rings. The molecule has 3 atom stereocenters. The standard InChI is InChI=1S/C10H8F6/c1-4-2-5-7(8(5)10(14,15)16)6(3-4)9(11,12)13/h2-3,5,7-8H,1H3/t5-,7?,8?/m0/s1. The number of fused-ring (bicyclic) bond motifs is 1. The molecule has 0 N–H and O–H groups in total. The average molecular weight is 242 g/mol. The van der Waals surface area contributed by atoms with Crippen molar-refractivity contribution >= 4 is 0 Å². The van der Waals surface area contributed by atoms with E-state index in [4.69, 9.17) is 0 Å². The van der Waals surface area contributed by atoms with Crippen LogP contribution in [0.15, 0.2) is 23.3 Å². The third-order valence-electron chi connectivity index (χ3n) is 2.98. The van der Waals surface area contributed by atoms with Crippen molar-refractivity contribution in [2.45, 2.75) is 19.3 Å². The SMILES string of the molecule is CC1=C[C@H]2C(C(C(F)(F)F)=C1)C2C(F)(F)F. The number of hydrogen-bond donors (Lipinski definition) is 0. The summed E-state index contributed by atoms with van der Waals surface area (Å²) in [4.78, 5) is 0. The molecule has 0 aromatic carbocycles. The van der Waals surface area contributed by atoms with E-state index in [0.29, 0.717) is 0 Å². The van der Waals surface area contributed by atoms with Crippen LogP contribution in [0.4, 0.5) is 26.3 Å². The predicted octanol–water partition coefficient (Wildman–Crippen LogP) is 3.86. The lowest BCUT2D eigenvalue weighted by atomic mass is 10.00. The summed E-state index contributed by atoms with van der Waals surface area (Å²) in [6.45, 7) is 1.38. The maximum Gasteiger partial charge on any atom is 0.413 e. The van der Waals surface area contributed by atoms with Crippen molar-refractivity contribution in [1.82, 2.24) is 0 Å². The molecule has 0 spiro atoms. The van der Waals surface area contributed by atoms with Gasteiger partial charge in [0.2, 0.25) is 0 Å². The van der Waals surface area contributed by atoms with Gasteiger partial charge in [-0.25, -0.2) is 0 Å². The number of halogens is 6. The Morgan fingerprint density at radius 2 is 1.62 bits per heavy atom. The van der Waals surface area contributed by atoms with Crippen LogP contribution in [0.3, 0.4) is 0 Å². The smallest absolute Gasteiger partial charge is 0.171 e. The van der Waals surface area contributed by atoms with Gasteiger partial charge >= 0.3 is 12.4 Å². The van der Waals surface area contributed by atoms with Gasteiger partial charge < -0.3 is 0 Å². The Bertz CT molecular complexity index is 370. The van der Waals surface area contributed by atoms with E-state index in [2.05, 4.69) is 0 Å². The minimum atomic E-state index is -4.67. The second-order valence-corrected chi connectivity index (χ2v) is 4.18. The highest BCUT2D eigenvalue weighted by atomic mass is 19.4. The van der Waals surface area contributed by atoms with Crippen LogP contribution in [0.2, 0.25) is 0 Å². The van der Waals surface area contributed by atoms with Crippen molar-refractivity contribution in [1.29, 1.82) is 0 Å². The van der Waals surface area contributed by atoms with Crippen LogP contribution in [0, 0.1) is 17.8 Å². The first kappa shape index (κ1) is 11.5. The Balaban J connectivity index is 2.33. The molecule has 1 fully saturated rings. The normalized spacial score (nSPS) is 34.1. The highest BCUT2D eigenvalue weighted by Gasteiger charge is 2.68. The van der Waals surface area contributed by atoms with Gasteiger partial charge in [-0.15, -0.1) is 0 Å². The number of allylic oxidation sites excluding steroid dienone is 4. The van der Waals surface area contributed by atoms with Crippen LogP contribution >= 0.6 is 0 Å². The number of hydrogen-bond acceptors (Lipinski definition) is 0. The quantitative estimate of drug-likeness (QED) is 0.566. The molecular weight excluding hydrogens is 234 g/mol. The fourth-order valence-corrected chi connectivity index (χ4v) is 2.33. The Morgan fingerprint density at radius 3 is 2.06 bits per heavy atom. The molecule has 0 aromatic rings. The molecule has 0 radical (unpaired) electrons. The van der Waals surface area contributed by atoms with Crippen molar-refractivity contribution in [2.24, 2.45) is 17.8 Å². The van der Waals surface area contributed by atoms with Crippen molar-refractivity contribution < 1.29 is 26.3 Å². The van der Waals surface area contributed by atoms with E-state index < -0.39 is 35.7 Å². The van der Waals surface area contributed by atoms with E-state index >= 15 is 0 Å². The second-order valence-electron chi connectivity index (χ2n) is 4.18. The van der Waals surface area contributed by atoms with Gasteiger partial charge in [0.25, 0.3) is 0 Å². The van der Waals surface area contributed by atoms with Crippen molar-refractivity contribution in [3.8, 4) is 0 Å². The second kappa shape index (κ2) is 3.05. The zero-order valence-electron chi connectivity index (χ0n) is 8.15. The molecule has 2 rings (SSSR count). The third kappa shape index (κ3) is 1.74. The lowest BCUT2D eigenvalue weighted by molar-refractivity contribution is -0.154. The van der Waals surface area contributed by atoms with Crippen LogP contribution in [-0.2, 0) is 0 Å². The van der Waals surface area contributed by atoms with E-state index in [1.165, 1.54) is 13.0 Å². The molecule has 1 saturated carbocycles. The summed E-state index contributed by atoms with van der Waals surface area (Å²) >= 11 is 0. The van der Waals surface area contributed by atoms with Crippen LogP contribution in [-0.4, -0.2) is 12.4 Å². The molecule has 0 amide bonds. The molecule has 90 valence electrons. The fourth-order valence-electron chi connectivity index (χ4n) is 2.33. The molecular formula is C10H8F6. The van der Waals surface area contributed by atoms with Gasteiger partial charge in [0.05, 0.1) is 5.92 Å². The molecule has 6 heteroatoms. The van der Waals surface area contributed by atoms with Crippen LogP contribution in [0.25, 0.3) is 0 Å².